The van der Waals surface area contributed by atoms with Gasteiger partial charge in [0.15, 0.2) is 0 Å². The third kappa shape index (κ3) is 5.12. The molecule has 0 aliphatic rings. The summed E-state index contributed by atoms with van der Waals surface area (Å²) in [6, 6.07) is 11.1. The fourth-order valence-corrected chi connectivity index (χ4v) is 4.05. The van der Waals surface area contributed by atoms with Gasteiger partial charge in [-0.1, -0.05) is 49.7 Å². The van der Waals surface area contributed by atoms with E-state index in [0.717, 1.165) is 5.56 Å². The number of halogens is 1. The molecule has 10 heteroatoms. The van der Waals surface area contributed by atoms with Crippen LogP contribution >= 0.6 is 11.6 Å². The summed E-state index contributed by atoms with van der Waals surface area (Å²) >= 11 is 6.05. The number of pyridine rings is 2. The number of anilines is 2. The molecule has 0 saturated heterocycles. The number of nitrogen functional groups attached to an aromatic ring is 1. The SMILES string of the molecule is CC(C)(C)c1ccc(S(=O)(=O)Nc2cc(Cl)cnc2/C(=N/O)c2ccc(N)nc2)cc1. The smallest absolute Gasteiger partial charge is 0.261 e. The number of rotatable bonds is 5. The lowest BCUT2D eigenvalue weighted by atomic mass is 9.87. The van der Waals surface area contributed by atoms with Gasteiger partial charge < -0.3 is 10.9 Å². The van der Waals surface area contributed by atoms with Gasteiger partial charge >= 0.3 is 0 Å². The predicted octanol–water partition coefficient (Wildman–Crippen LogP) is 4.04. The van der Waals surface area contributed by atoms with Crippen LogP contribution in [-0.2, 0) is 15.4 Å². The second kappa shape index (κ2) is 8.52. The first-order valence-electron chi connectivity index (χ1n) is 9.24. The molecular weight excluding hydrogens is 438 g/mol. The summed E-state index contributed by atoms with van der Waals surface area (Å²) in [6.07, 6.45) is 2.72. The summed E-state index contributed by atoms with van der Waals surface area (Å²) in [7, 11) is -3.97. The highest BCUT2D eigenvalue weighted by atomic mass is 35.5. The van der Waals surface area contributed by atoms with Gasteiger partial charge in [-0.15, -0.1) is 0 Å². The Morgan fingerprint density at radius 3 is 2.32 bits per heavy atom. The molecule has 1 aromatic carbocycles. The molecule has 8 nitrogen and oxygen atoms in total. The maximum atomic E-state index is 13.0. The van der Waals surface area contributed by atoms with Crippen LogP contribution in [0.3, 0.4) is 0 Å². The lowest BCUT2D eigenvalue weighted by Crippen LogP contribution is -2.18. The maximum absolute atomic E-state index is 13.0. The maximum Gasteiger partial charge on any atom is 0.261 e. The lowest BCUT2D eigenvalue weighted by Gasteiger charge is -2.19. The number of nitrogens with two attached hydrogens (primary N) is 1. The van der Waals surface area contributed by atoms with E-state index in [1.54, 1.807) is 18.2 Å². The molecule has 4 N–H and O–H groups in total. The predicted molar refractivity (Wildman–Crippen MR) is 121 cm³/mol. The Balaban J connectivity index is 2.01. The molecule has 0 unspecified atom stereocenters. The number of oxime groups is 1. The van der Waals surface area contributed by atoms with Crippen LogP contribution < -0.4 is 10.5 Å². The number of sulfonamides is 1. The number of benzene rings is 1. The van der Waals surface area contributed by atoms with Crippen molar-refractivity contribution >= 4 is 38.8 Å². The van der Waals surface area contributed by atoms with Gasteiger partial charge in [0, 0.05) is 18.0 Å². The molecule has 0 saturated carbocycles. The molecule has 0 aliphatic carbocycles. The number of hydrogen-bond donors (Lipinski definition) is 3. The van der Waals surface area contributed by atoms with E-state index in [1.807, 2.05) is 20.8 Å². The third-order valence-corrected chi connectivity index (χ3v) is 6.10. The van der Waals surface area contributed by atoms with E-state index in [1.165, 1.54) is 36.7 Å². The second-order valence-corrected chi connectivity index (χ2v) is 9.97. The average molecular weight is 460 g/mol. The molecule has 0 atom stereocenters. The molecule has 0 bridgehead atoms. The average Bonchev–Trinajstić information content (AvgIpc) is 2.70. The van der Waals surface area contributed by atoms with Crippen LogP contribution in [0.5, 0.6) is 0 Å². The van der Waals surface area contributed by atoms with E-state index in [2.05, 4.69) is 19.8 Å². The first-order valence-corrected chi connectivity index (χ1v) is 11.1. The van der Waals surface area contributed by atoms with Gasteiger partial charge in [-0.25, -0.2) is 13.4 Å². The van der Waals surface area contributed by atoms with Crippen LogP contribution in [0.4, 0.5) is 11.5 Å². The molecule has 0 fully saturated rings. The van der Waals surface area contributed by atoms with Crippen LogP contribution in [-0.4, -0.2) is 29.3 Å². The zero-order valence-electron chi connectivity index (χ0n) is 17.2. The van der Waals surface area contributed by atoms with Gasteiger partial charge in [0.1, 0.15) is 17.2 Å². The summed E-state index contributed by atoms with van der Waals surface area (Å²) in [4.78, 5) is 8.20. The number of nitrogens with zero attached hydrogens (tertiary/aromatic N) is 3. The molecule has 0 amide bonds. The van der Waals surface area contributed by atoms with Gasteiger partial charge in [-0.2, -0.15) is 0 Å². The number of aromatic nitrogens is 2. The van der Waals surface area contributed by atoms with Crippen molar-refractivity contribution in [1.29, 1.82) is 0 Å². The van der Waals surface area contributed by atoms with E-state index >= 15 is 0 Å². The van der Waals surface area contributed by atoms with Gasteiger partial charge in [-0.3, -0.25) is 9.71 Å². The first kappa shape index (κ1) is 22.5. The largest absolute Gasteiger partial charge is 0.410 e. The van der Waals surface area contributed by atoms with Crippen molar-refractivity contribution in [2.24, 2.45) is 5.16 Å². The fourth-order valence-electron chi connectivity index (χ4n) is 2.83. The topological polar surface area (TPSA) is 131 Å². The Bertz CT molecular complexity index is 1220. The third-order valence-electron chi connectivity index (χ3n) is 4.51. The normalized spacial score (nSPS) is 12.6. The van der Waals surface area contributed by atoms with E-state index in [-0.39, 0.29) is 38.2 Å². The summed E-state index contributed by atoms with van der Waals surface area (Å²) < 4.78 is 28.5. The zero-order valence-corrected chi connectivity index (χ0v) is 18.7. The van der Waals surface area contributed by atoms with Crippen molar-refractivity contribution in [1.82, 2.24) is 9.97 Å². The quantitative estimate of drug-likeness (QED) is 0.300. The molecule has 31 heavy (non-hydrogen) atoms. The highest BCUT2D eigenvalue weighted by Crippen LogP contribution is 2.27. The van der Waals surface area contributed by atoms with Crippen molar-refractivity contribution in [3.63, 3.8) is 0 Å². The minimum Gasteiger partial charge on any atom is -0.410 e. The molecular formula is C21H22ClN5O3S. The Morgan fingerprint density at radius 2 is 1.77 bits per heavy atom. The van der Waals surface area contributed by atoms with Crippen LogP contribution in [0.1, 0.15) is 37.6 Å². The summed E-state index contributed by atoms with van der Waals surface area (Å²) in [6.45, 7) is 6.13. The number of nitrogens with one attached hydrogen (secondary N) is 1. The van der Waals surface area contributed by atoms with Crippen molar-refractivity contribution in [3.05, 3.63) is 76.7 Å². The molecule has 162 valence electrons. The Labute approximate surface area is 185 Å². The molecule has 0 radical (unpaired) electrons. The zero-order chi connectivity index (χ0) is 22.8. The molecule has 0 aliphatic heterocycles. The fraction of sp³-hybridized carbons (Fsp3) is 0.190. The Hall–Kier alpha value is -3.17. The van der Waals surface area contributed by atoms with E-state index in [4.69, 9.17) is 17.3 Å². The second-order valence-electron chi connectivity index (χ2n) is 7.85. The molecule has 0 spiro atoms. The van der Waals surface area contributed by atoms with Gasteiger partial charge in [0.2, 0.25) is 0 Å². The lowest BCUT2D eigenvalue weighted by molar-refractivity contribution is 0.319. The molecule has 3 rings (SSSR count). The summed E-state index contributed by atoms with van der Waals surface area (Å²) in [5.74, 6) is 0.282. The molecule has 2 aromatic heterocycles. The highest BCUT2D eigenvalue weighted by molar-refractivity contribution is 7.92. The van der Waals surface area contributed by atoms with E-state index < -0.39 is 10.0 Å². The van der Waals surface area contributed by atoms with Gasteiger partial charge in [0.05, 0.1) is 15.6 Å². The van der Waals surface area contributed by atoms with Crippen molar-refractivity contribution in [3.8, 4) is 0 Å². The summed E-state index contributed by atoms with van der Waals surface area (Å²) in [5, 5.41) is 13.1. The minimum absolute atomic E-state index is 0.00458. The van der Waals surface area contributed by atoms with Crippen LogP contribution in [0.15, 0.2) is 64.9 Å². The first-order chi connectivity index (χ1) is 14.5. The standard InChI is InChI=1S/C21H22ClN5O3S/c1-21(2,3)14-5-7-16(8-6-14)31(29,30)27-17-10-15(22)12-25-20(17)19(26-28)13-4-9-18(23)24-11-13/h4-12,27-28H,1-3H3,(H2,23,24)/b26-19+. The number of hydrogen-bond acceptors (Lipinski definition) is 7. The summed E-state index contributed by atoms with van der Waals surface area (Å²) in [5.41, 5.74) is 7.02. The van der Waals surface area contributed by atoms with E-state index in [0.29, 0.717) is 5.56 Å². The Morgan fingerprint density at radius 1 is 1.10 bits per heavy atom. The molecule has 3 aromatic rings. The molecule has 2 heterocycles. The van der Waals surface area contributed by atoms with E-state index in [9.17, 15) is 13.6 Å². The van der Waals surface area contributed by atoms with Crippen molar-refractivity contribution in [2.45, 2.75) is 31.1 Å². The van der Waals surface area contributed by atoms with Crippen LogP contribution in [0.25, 0.3) is 0 Å². The van der Waals surface area contributed by atoms with Crippen molar-refractivity contribution in [2.75, 3.05) is 10.5 Å². The highest BCUT2D eigenvalue weighted by Gasteiger charge is 2.22. The van der Waals surface area contributed by atoms with Gasteiger partial charge in [0.25, 0.3) is 10.0 Å². The van der Waals surface area contributed by atoms with Gasteiger partial charge in [-0.05, 0) is 41.3 Å². The monoisotopic (exact) mass is 459 g/mol. The van der Waals surface area contributed by atoms with Crippen molar-refractivity contribution < 1.29 is 13.6 Å². The minimum atomic E-state index is -3.97. The van der Waals surface area contributed by atoms with Crippen LogP contribution in [0.2, 0.25) is 5.02 Å². The van der Waals surface area contributed by atoms with Crippen LogP contribution in [0, 0.1) is 0 Å². The Kier molecular flexibility index (Phi) is 6.19.